The van der Waals surface area contributed by atoms with Crippen molar-refractivity contribution in [3.63, 3.8) is 0 Å². The number of aliphatic carboxylic acids is 1. The molecule has 0 spiro atoms. The summed E-state index contributed by atoms with van der Waals surface area (Å²) < 4.78 is 0.895. The van der Waals surface area contributed by atoms with E-state index >= 15 is 0 Å². The van der Waals surface area contributed by atoms with Crippen molar-refractivity contribution in [1.29, 1.82) is 0 Å². The first-order valence-electron chi connectivity index (χ1n) is 9.98. The van der Waals surface area contributed by atoms with Crippen molar-refractivity contribution in [3.8, 4) is 11.1 Å². The maximum atomic E-state index is 13.0. The molecule has 0 fully saturated rings. The number of aromatic nitrogens is 1. The molecule has 1 aromatic heterocycles. The molecule has 0 bridgehead atoms. The van der Waals surface area contributed by atoms with Crippen LogP contribution in [-0.2, 0) is 4.79 Å². The molecule has 1 atom stereocenters. The summed E-state index contributed by atoms with van der Waals surface area (Å²) in [5.41, 5.74) is 3.92. The molecule has 1 heterocycles. The summed E-state index contributed by atoms with van der Waals surface area (Å²) in [6.07, 6.45) is 9.67. The van der Waals surface area contributed by atoms with Crippen LogP contribution in [0.3, 0.4) is 0 Å². The van der Waals surface area contributed by atoms with Crippen LogP contribution in [0.15, 0.2) is 71.5 Å². The number of carbonyl (C=O) groups excluding carboxylic acids is 1. The molecule has 0 saturated carbocycles. The van der Waals surface area contributed by atoms with Crippen LogP contribution in [0.1, 0.15) is 27.9 Å². The summed E-state index contributed by atoms with van der Waals surface area (Å²) in [4.78, 5) is 28.8. The number of thioether (sulfide) groups is 1. The van der Waals surface area contributed by atoms with Crippen molar-refractivity contribution in [1.82, 2.24) is 10.3 Å². The summed E-state index contributed by atoms with van der Waals surface area (Å²) in [5, 5.41) is 12.2. The molecule has 3 aromatic rings. The third kappa shape index (κ3) is 8.12. The Morgan fingerprint density at radius 1 is 1.09 bits per heavy atom. The molecule has 0 aliphatic carbocycles. The van der Waals surface area contributed by atoms with Crippen LogP contribution in [0.2, 0.25) is 0 Å². The molecule has 0 aliphatic rings. The summed E-state index contributed by atoms with van der Waals surface area (Å²) in [6.45, 7) is 0. The molecule has 166 valence electrons. The fourth-order valence-corrected chi connectivity index (χ4v) is 4.02. The molecule has 2 aromatic carbocycles. The molecule has 1 unspecified atom stereocenters. The maximum absolute atomic E-state index is 13.0. The second-order valence-corrected chi connectivity index (χ2v) is 8.99. The van der Waals surface area contributed by atoms with Crippen molar-refractivity contribution in [2.75, 3.05) is 12.0 Å². The summed E-state index contributed by atoms with van der Waals surface area (Å²) in [6, 6.07) is 16.1. The zero-order chi connectivity index (χ0) is 22.9. The van der Waals surface area contributed by atoms with Gasteiger partial charge in [-0.15, -0.1) is 0 Å². The monoisotopic (exact) mass is 534 g/mol. The minimum absolute atomic E-state index is 0. The molecule has 33 heavy (non-hydrogen) atoms. The number of halogens is 1. The van der Waals surface area contributed by atoms with Crippen LogP contribution < -0.4 is 5.32 Å². The van der Waals surface area contributed by atoms with Gasteiger partial charge in [-0.2, -0.15) is 11.8 Å². The molecule has 3 rings (SSSR count). The summed E-state index contributed by atoms with van der Waals surface area (Å²) >= 11 is 4.96. The SMILES string of the molecule is CSCCC(NC(=O)c1ccc(C=Cc2cncc(Br)c2)cc1-c1ccccc1)C(=O)O.[NaH]. The number of hydrogen-bond donors (Lipinski definition) is 2. The Kier molecular flexibility index (Phi) is 11.4. The van der Waals surface area contributed by atoms with E-state index in [0.717, 1.165) is 26.7 Å². The summed E-state index contributed by atoms with van der Waals surface area (Å²) in [5.74, 6) is -0.781. The minimum atomic E-state index is -1.03. The van der Waals surface area contributed by atoms with E-state index in [9.17, 15) is 14.7 Å². The van der Waals surface area contributed by atoms with Gasteiger partial charge in [0.2, 0.25) is 0 Å². The van der Waals surface area contributed by atoms with Gasteiger partial charge in [0.05, 0.1) is 0 Å². The van der Waals surface area contributed by atoms with Crippen LogP contribution in [-0.4, -0.2) is 69.6 Å². The predicted molar refractivity (Wildman–Crippen MR) is 142 cm³/mol. The third-order valence-corrected chi connectivity index (χ3v) is 5.86. The number of nitrogens with zero attached hydrogens (tertiary/aromatic N) is 1. The van der Waals surface area contributed by atoms with Gasteiger partial charge in [-0.1, -0.05) is 48.6 Å². The van der Waals surface area contributed by atoms with Gasteiger partial charge in [0.15, 0.2) is 0 Å². The van der Waals surface area contributed by atoms with E-state index in [1.807, 2.05) is 66.9 Å². The van der Waals surface area contributed by atoms with Crippen LogP contribution in [0.25, 0.3) is 23.3 Å². The van der Waals surface area contributed by atoms with E-state index < -0.39 is 17.9 Å². The Bertz CT molecular complexity index is 1130. The Morgan fingerprint density at radius 3 is 2.48 bits per heavy atom. The molecule has 0 radical (unpaired) electrons. The van der Waals surface area contributed by atoms with Crippen LogP contribution in [0.5, 0.6) is 0 Å². The number of amides is 1. The zero-order valence-electron chi connectivity index (χ0n) is 17.5. The van der Waals surface area contributed by atoms with Gasteiger partial charge in [0, 0.05) is 22.4 Å². The number of rotatable bonds is 9. The standard InChI is InChI=1S/C25H23BrN2O3S.Na.H/c1-32-12-11-23(25(30)31)28-24(29)21-10-9-17(7-8-18-13-20(26)16-27-15-18)14-22(21)19-5-3-2-4-6-19;;/h2-10,13-16,23H,11-12H2,1H3,(H,28,29)(H,30,31);;. The van der Waals surface area contributed by atoms with Gasteiger partial charge in [-0.05, 0) is 74.8 Å². The molecular weight excluding hydrogens is 511 g/mol. The summed E-state index contributed by atoms with van der Waals surface area (Å²) in [7, 11) is 0. The molecule has 5 nitrogen and oxygen atoms in total. The number of carboxylic acid groups (broad SMARTS) is 1. The van der Waals surface area contributed by atoms with Crippen molar-refractivity contribution in [2.45, 2.75) is 12.5 Å². The van der Waals surface area contributed by atoms with Gasteiger partial charge in [-0.3, -0.25) is 9.78 Å². The van der Waals surface area contributed by atoms with E-state index in [1.165, 1.54) is 0 Å². The Labute approximate surface area is 228 Å². The van der Waals surface area contributed by atoms with Crippen molar-refractivity contribution < 1.29 is 14.7 Å². The number of benzene rings is 2. The molecular formula is C25H24BrN2NaO3S. The fraction of sp³-hybridized carbons (Fsp3) is 0.160. The average molecular weight is 535 g/mol. The van der Waals surface area contributed by atoms with E-state index in [4.69, 9.17) is 0 Å². The quantitative estimate of drug-likeness (QED) is 0.379. The fourth-order valence-electron chi connectivity index (χ4n) is 3.16. The second-order valence-electron chi connectivity index (χ2n) is 7.09. The van der Waals surface area contributed by atoms with Crippen LogP contribution in [0.4, 0.5) is 0 Å². The zero-order valence-corrected chi connectivity index (χ0v) is 19.9. The normalized spacial score (nSPS) is 11.6. The first kappa shape index (κ1) is 27.3. The Balaban J connectivity index is 0.00000385. The van der Waals surface area contributed by atoms with E-state index in [0.29, 0.717) is 17.7 Å². The molecule has 0 aliphatic heterocycles. The average Bonchev–Trinajstić information content (AvgIpc) is 2.80. The second kappa shape index (κ2) is 13.7. The van der Waals surface area contributed by atoms with Gasteiger partial charge < -0.3 is 10.4 Å². The molecule has 2 N–H and O–H groups in total. The first-order valence-corrected chi connectivity index (χ1v) is 12.2. The van der Waals surface area contributed by atoms with Gasteiger partial charge >= 0.3 is 35.5 Å². The first-order chi connectivity index (χ1) is 15.5. The molecule has 1 amide bonds. The third-order valence-electron chi connectivity index (χ3n) is 4.78. The predicted octanol–water partition coefficient (Wildman–Crippen LogP) is 4.97. The van der Waals surface area contributed by atoms with Gasteiger partial charge in [-0.25, -0.2) is 4.79 Å². The number of nitrogens with one attached hydrogen (secondary N) is 1. The van der Waals surface area contributed by atoms with Crippen molar-refractivity contribution in [2.24, 2.45) is 0 Å². The molecule has 0 saturated heterocycles. The van der Waals surface area contributed by atoms with Crippen molar-refractivity contribution in [3.05, 3.63) is 88.2 Å². The van der Waals surface area contributed by atoms with Gasteiger partial charge in [0.25, 0.3) is 5.91 Å². The van der Waals surface area contributed by atoms with E-state index in [-0.39, 0.29) is 29.6 Å². The number of pyridine rings is 1. The van der Waals surface area contributed by atoms with Crippen molar-refractivity contribution >= 4 is 81.3 Å². The van der Waals surface area contributed by atoms with Crippen LogP contribution in [0, 0.1) is 0 Å². The number of carbonyl (C=O) groups is 2. The van der Waals surface area contributed by atoms with E-state index in [1.54, 1.807) is 30.2 Å². The van der Waals surface area contributed by atoms with Gasteiger partial charge in [0.1, 0.15) is 6.04 Å². The topological polar surface area (TPSA) is 79.3 Å². The van der Waals surface area contributed by atoms with E-state index in [2.05, 4.69) is 26.2 Å². The number of hydrogen-bond acceptors (Lipinski definition) is 4. The molecule has 8 heteroatoms. The van der Waals surface area contributed by atoms with Crippen LogP contribution >= 0.6 is 27.7 Å². The number of carboxylic acids is 1. The Hall–Kier alpha value is -1.90. The Morgan fingerprint density at radius 2 is 1.82 bits per heavy atom.